The fourth-order valence-electron chi connectivity index (χ4n) is 1.44. The van der Waals surface area contributed by atoms with Crippen molar-refractivity contribution in [1.29, 1.82) is 0 Å². The zero-order chi connectivity index (χ0) is 11.4. The monoisotopic (exact) mass is 223 g/mol. The number of nitrogens with two attached hydrogens (primary N) is 1. The minimum atomic E-state index is -0.309. The van der Waals surface area contributed by atoms with E-state index in [2.05, 4.69) is 0 Å². The van der Waals surface area contributed by atoms with Gasteiger partial charge in [0.25, 0.3) is 0 Å². The third-order valence-electron chi connectivity index (χ3n) is 2.50. The fourth-order valence-corrected chi connectivity index (χ4v) is 1.44. The summed E-state index contributed by atoms with van der Waals surface area (Å²) in [7, 11) is 0. The van der Waals surface area contributed by atoms with E-state index in [1.807, 2.05) is 31.2 Å². The van der Waals surface area contributed by atoms with Gasteiger partial charge in [0.1, 0.15) is 5.75 Å². The highest BCUT2D eigenvalue weighted by Gasteiger charge is 2.34. The van der Waals surface area contributed by atoms with Crippen molar-refractivity contribution in [1.82, 2.24) is 0 Å². The molecule has 0 bridgehead atoms. The molecule has 0 atom stereocenters. The lowest BCUT2D eigenvalue weighted by Gasteiger charge is -2.37. The van der Waals surface area contributed by atoms with Gasteiger partial charge in [0.05, 0.1) is 25.4 Å². The predicted molar refractivity (Wildman–Crippen MR) is 60.4 cm³/mol. The Balaban J connectivity index is 1.66. The molecule has 0 spiro atoms. The maximum atomic E-state index is 5.90. The lowest BCUT2D eigenvalue weighted by Crippen LogP contribution is -2.60. The summed E-state index contributed by atoms with van der Waals surface area (Å²) < 4.78 is 15.8. The number of hydrogen-bond acceptors (Lipinski definition) is 4. The smallest absolute Gasteiger partial charge is 0.189 e. The van der Waals surface area contributed by atoms with E-state index in [4.69, 9.17) is 19.9 Å². The van der Waals surface area contributed by atoms with Gasteiger partial charge in [-0.25, -0.2) is 0 Å². The third kappa shape index (κ3) is 2.95. The molecule has 0 amide bonds. The van der Waals surface area contributed by atoms with Gasteiger partial charge in [-0.15, -0.1) is 0 Å². The molecule has 4 heteroatoms. The Labute approximate surface area is 95.3 Å². The van der Waals surface area contributed by atoms with Crippen LogP contribution in [0.4, 0.5) is 0 Å². The van der Waals surface area contributed by atoms with Crippen molar-refractivity contribution < 1.29 is 14.2 Å². The molecule has 4 nitrogen and oxygen atoms in total. The van der Waals surface area contributed by atoms with Gasteiger partial charge in [-0.3, -0.25) is 0 Å². The van der Waals surface area contributed by atoms with Crippen LogP contribution in [0.3, 0.4) is 0 Å². The number of aryl methyl sites for hydroxylation is 1. The first-order chi connectivity index (χ1) is 7.68. The molecule has 1 saturated heterocycles. The van der Waals surface area contributed by atoms with E-state index in [0.717, 1.165) is 5.75 Å². The molecule has 0 aromatic heterocycles. The Kier molecular flexibility index (Phi) is 3.43. The van der Waals surface area contributed by atoms with Gasteiger partial charge in [-0.05, 0) is 19.1 Å². The molecule has 0 unspecified atom stereocenters. The number of ether oxygens (including phenoxy) is 3. The molecule has 2 N–H and O–H groups in total. The largest absolute Gasteiger partial charge is 0.468 e. The van der Waals surface area contributed by atoms with Crippen LogP contribution in [-0.4, -0.2) is 32.2 Å². The molecule has 1 heterocycles. The van der Waals surface area contributed by atoms with Gasteiger partial charge in [0, 0.05) is 0 Å². The zero-order valence-electron chi connectivity index (χ0n) is 9.44. The SMILES string of the molecule is Cc1ccc(OCOCC2(N)COC2)cc1. The summed E-state index contributed by atoms with van der Waals surface area (Å²) in [4.78, 5) is 0. The lowest BCUT2D eigenvalue weighted by atomic mass is 10.0. The van der Waals surface area contributed by atoms with Gasteiger partial charge >= 0.3 is 0 Å². The highest BCUT2D eigenvalue weighted by Crippen LogP contribution is 2.14. The predicted octanol–water partition coefficient (Wildman–Crippen LogP) is 1.08. The maximum absolute atomic E-state index is 5.90. The first-order valence-electron chi connectivity index (χ1n) is 5.32. The van der Waals surface area contributed by atoms with E-state index < -0.39 is 0 Å². The van der Waals surface area contributed by atoms with Gasteiger partial charge in [0.2, 0.25) is 0 Å². The fraction of sp³-hybridized carbons (Fsp3) is 0.500. The van der Waals surface area contributed by atoms with Crippen molar-refractivity contribution in [2.45, 2.75) is 12.5 Å². The summed E-state index contributed by atoms with van der Waals surface area (Å²) in [6.07, 6.45) is 0. The summed E-state index contributed by atoms with van der Waals surface area (Å²) in [5.41, 5.74) is 6.80. The number of benzene rings is 1. The second-order valence-corrected chi connectivity index (χ2v) is 4.28. The van der Waals surface area contributed by atoms with Crippen molar-refractivity contribution in [3.63, 3.8) is 0 Å². The molecular formula is C12H17NO3. The van der Waals surface area contributed by atoms with Crippen LogP contribution in [0.1, 0.15) is 5.56 Å². The molecule has 1 aromatic rings. The van der Waals surface area contributed by atoms with E-state index in [1.165, 1.54) is 5.56 Å². The van der Waals surface area contributed by atoms with Gasteiger partial charge in [-0.2, -0.15) is 0 Å². The Bertz CT molecular complexity index is 333. The molecule has 1 aliphatic rings. The molecule has 88 valence electrons. The van der Waals surface area contributed by atoms with E-state index in [0.29, 0.717) is 19.8 Å². The molecular weight excluding hydrogens is 206 g/mol. The highest BCUT2D eigenvalue weighted by molar-refractivity contribution is 5.26. The first-order valence-corrected chi connectivity index (χ1v) is 5.32. The van der Waals surface area contributed by atoms with Gasteiger partial charge in [0.15, 0.2) is 6.79 Å². The first kappa shape index (κ1) is 11.4. The summed E-state index contributed by atoms with van der Waals surface area (Å²) in [6.45, 7) is 3.87. The quantitative estimate of drug-likeness (QED) is 0.599. The summed E-state index contributed by atoms with van der Waals surface area (Å²) in [5, 5.41) is 0. The van der Waals surface area contributed by atoms with E-state index in [1.54, 1.807) is 0 Å². The number of hydrogen-bond donors (Lipinski definition) is 1. The van der Waals surface area contributed by atoms with Crippen LogP contribution in [0, 0.1) is 6.92 Å². The minimum absolute atomic E-state index is 0.224. The van der Waals surface area contributed by atoms with Gasteiger partial charge < -0.3 is 19.9 Å². The molecule has 1 aromatic carbocycles. The topological polar surface area (TPSA) is 53.7 Å². The van der Waals surface area contributed by atoms with Crippen LogP contribution < -0.4 is 10.5 Å². The normalized spacial score (nSPS) is 17.9. The summed E-state index contributed by atoms with van der Waals surface area (Å²) in [6, 6.07) is 7.84. The van der Waals surface area contributed by atoms with Crippen molar-refractivity contribution in [2.24, 2.45) is 5.73 Å². The summed E-state index contributed by atoms with van der Waals surface area (Å²) in [5.74, 6) is 0.807. The average Bonchev–Trinajstić information content (AvgIpc) is 2.24. The van der Waals surface area contributed by atoms with E-state index in [-0.39, 0.29) is 12.3 Å². The Morgan fingerprint density at radius 1 is 1.31 bits per heavy atom. The van der Waals surface area contributed by atoms with E-state index >= 15 is 0 Å². The summed E-state index contributed by atoms with van der Waals surface area (Å²) >= 11 is 0. The molecule has 16 heavy (non-hydrogen) atoms. The molecule has 0 radical (unpaired) electrons. The zero-order valence-corrected chi connectivity index (χ0v) is 9.44. The van der Waals surface area contributed by atoms with E-state index in [9.17, 15) is 0 Å². The Morgan fingerprint density at radius 3 is 2.56 bits per heavy atom. The van der Waals surface area contributed by atoms with Crippen LogP contribution in [0.25, 0.3) is 0 Å². The standard InChI is InChI=1S/C12H17NO3/c1-10-2-4-11(5-3-10)16-9-15-8-12(13)6-14-7-12/h2-5H,6-9,13H2,1H3. The molecule has 0 saturated carbocycles. The molecule has 2 rings (SSSR count). The van der Waals surface area contributed by atoms with Crippen LogP contribution in [0.15, 0.2) is 24.3 Å². The Hall–Kier alpha value is -1.10. The van der Waals surface area contributed by atoms with Crippen LogP contribution in [-0.2, 0) is 9.47 Å². The second kappa shape index (κ2) is 4.82. The van der Waals surface area contributed by atoms with Crippen molar-refractivity contribution in [3.8, 4) is 5.75 Å². The Morgan fingerprint density at radius 2 is 2.00 bits per heavy atom. The highest BCUT2D eigenvalue weighted by atomic mass is 16.7. The second-order valence-electron chi connectivity index (χ2n) is 4.28. The van der Waals surface area contributed by atoms with Crippen molar-refractivity contribution >= 4 is 0 Å². The van der Waals surface area contributed by atoms with Crippen LogP contribution >= 0.6 is 0 Å². The average molecular weight is 223 g/mol. The lowest BCUT2D eigenvalue weighted by molar-refractivity contribution is -0.109. The third-order valence-corrected chi connectivity index (χ3v) is 2.50. The van der Waals surface area contributed by atoms with Crippen LogP contribution in [0.5, 0.6) is 5.75 Å². The molecule has 0 aliphatic carbocycles. The van der Waals surface area contributed by atoms with Crippen LogP contribution in [0.2, 0.25) is 0 Å². The maximum Gasteiger partial charge on any atom is 0.189 e. The molecule has 1 fully saturated rings. The van der Waals surface area contributed by atoms with Crippen molar-refractivity contribution in [2.75, 3.05) is 26.6 Å². The molecule has 1 aliphatic heterocycles. The van der Waals surface area contributed by atoms with Gasteiger partial charge in [-0.1, -0.05) is 17.7 Å². The number of rotatable bonds is 5. The minimum Gasteiger partial charge on any atom is -0.468 e. The van der Waals surface area contributed by atoms with Crippen molar-refractivity contribution in [3.05, 3.63) is 29.8 Å².